The predicted molar refractivity (Wildman–Crippen MR) is 113 cm³/mol. The van der Waals surface area contributed by atoms with Crippen LogP contribution in [0, 0.1) is 0 Å². The molecule has 7 nitrogen and oxygen atoms in total. The van der Waals surface area contributed by atoms with Gasteiger partial charge in [-0.1, -0.05) is 0 Å². The van der Waals surface area contributed by atoms with Gasteiger partial charge in [-0.05, 0) is 52.8 Å². The Hall–Kier alpha value is -2.51. The highest BCUT2D eigenvalue weighted by Gasteiger charge is 2.29. The first-order valence-electron chi connectivity index (χ1n) is 10.0. The van der Waals surface area contributed by atoms with Crippen LogP contribution in [0.15, 0.2) is 36.8 Å². The van der Waals surface area contributed by atoms with Crippen molar-refractivity contribution in [1.29, 1.82) is 0 Å². The molecule has 3 aromatic rings. The molecular formula is C22H29N5O2. The van der Waals surface area contributed by atoms with Gasteiger partial charge in [0.15, 0.2) is 0 Å². The number of aromatic nitrogens is 4. The number of hydrogen-bond acceptors (Lipinski definition) is 6. The largest absolute Gasteiger partial charge is 0.474 e. The van der Waals surface area contributed by atoms with Gasteiger partial charge < -0.3 is 14.8 Å². The van der Waals surface area contributed by atoms with Gasteiger partial charge in [0.2, 0.25) is 5.88 Å². The summed E-state index contributed by atoms with van der Waals surface area (Å²) in [4.78, 5) is 9.31. The first kappa shape index (κ1) is 19.8. The highest BCUT2D eigenvalue weighted by Crippen LogP contribution is 2.29. The summed E-state index contributed by atoms with van der Waals surface area (Å²) in [5, 5.41) is 8.79. The molecule has 0 aliphatic carbocycles. The Morgan fingerprint density at radius 3 is 2.90 bits per heavy atom. The number of nitrogens with zero attached hydrogens (tertiary/aromatic N) is 4. The summed E-state index contributed by atoms with van der Waals surface area (Å²) in [6.07, 6.45) is 5.60. The van der Waals surface area contributed by atoms with E-state index in [0.717, 1.165) is 35.2 Å². The summed E-state index contributed by atoms with van der Waals surface area (Å²) >= 11 is 0. The van der Waals surface area contributed by atoms with Gasteiger partial charge in [-0.3, -0.25) is 9.67 Å². The predicted octanol–water partition coefficient (Wildman–Crippen LogP) is 3.39. The Morgan fingerprint density at radius 1 is 1.34 bits per heavy atom. The smallest absolute Gasteiger partial charge is 0.223 e. The van der Waals surface area contributed by atoms with Gasteiger partial charge in [-0.15, -0.1) is 0 Å². The van der Waals surface area contributed by atoms with Crippen LogP contribution in [0.1, 0.15) is 34.6 Å². The van der Waals surface area contributed by atoms with Gasteiger partial charge in [-0.25, -0.2) is 4.98 Å². The second kappa shape index (κ2) is 7.39. The molecule has 1 aliphatic heterocycles. The van der Waals surface area contributed by atoms with Crippen molar-refractivity contribution in [2.75, 3.05) is 19.7 Å². The van der Waals surface area contributed by atoms with Crippen LogP contribution in [0.4, 0.5) is 0 Å². The van der Waals surface area contributed by atoms with Crippen LogP contribution >= 0.6 is 0 Å². The quantitative estimate of drug-likeness (QED) is 0.730. The lowest BCUT2D eigenvalue weighted by Crippen LogP contribution is -2.52. The monoisotopic (exact) mass is 395 g/mol. The maximum absolute atomic E-state index is 6.15. The Kier molecular flexibility index (Phi) is 5.04. The van der Waals surface area contributed by atoms with E-state index in [2.05, 4.69) is 50.0 Å². The molecule has 4 heterocycles. The Balaban J connectivity index is 1.63. The zero-order valence-corrected chi connectivity index (χ0v) is 17.8. The van der Waals surface area contributed by atoms with E-state index in [1.807, 2.05) is 35.3 Å². The fourth-order valence-electron chi connectivity index (χ4n) is 3.46. The van der Waals surface area contributed by atoms with Gasteiger partial charge in [0.1, 0.15) is 12.7 Å². The molecule has 0 spiro atoms. The fourth-order valence-corrected chi connectivity index (χ4v) is 3.46. The van der Waals surface area contributed by atoms with Gasteiger partial charge in [0.05, 0.1) is 33.9 Å². The van der Waals surface area contributed by atoms with Crippen molar-refractivity contribution in [3.05, 3.63) is 36.8 Å². The molecule has 154 valence electrons. The molecular weight excluding hydrogens is 366 g/mol. The van der Waals surface area contributed by atoms with Crippen molar-refractivity contribution in [3.8, 4) is 17.1 Å². The van der Waals surface area contributed by atoms with Crippen molar-refractivity contribution < 1.29 is 9.47 Å². The standard InChI is InChI=1S/C22H29N5O2/c1-21(2,3)27-12-15(10-25-27)18-9-19-17(7-6-8-24-19)20(26-18)28-13-16-11-23-14-22(4,5)29-16/h6-10,12,16,23H,11,13-14H2,1-5H3/t16-/m1/s1. The van der Waals surface area contributed by atoms with E-state index in [9.17, 15) is 0 Å². The second-order valence-corrected chi connectivity index (χ2v) is 9.17. The van der Waals surface area contributed by atoms with Crippen LogP contribution in [-0.2, 0) is 10.3 Å². The minimum atomic E-state index is -0.202. The number of nitrogens with one attached hydrogen (secondary N) is 1. The molecule has 3 aromatic heterocycles. The lowest BCUT2D eigenvalue weighted by molar-refractivity contribution is -0.107. The molecule has 1 N–H and O–H groups in total. The minimum absolute atomic E-state index is 0.0282. The minimum Gasteiger partial charge on any atom is -0.474 e. The van der Waals surface area contributed by atoms with E-state index in [4.69, 9.17) is 14.5 Å². The van der Waals surface area contributed by atoms with Gasteiger partial charge in [0, 0.05) is 31.0 Å². The Labute approximate surface area is 171 Å². The molecule has 0 bridgehead atoms. The average molecular weight is 396 g/mol. The van der Waals surface area contributed by atoms with E-state index >= 15 is 0 Å². The number of ether oxygens (including phenoxy) is 2. The third-order valence-corrected chi connectivity index (χ3v) is 4.94. The molecule has 1 fully saturated rings. The molecule has 0 saturated carbocycles. The Morgan fingerprint density at radius 2 is 2.17 bits per heavy atom. The molecule has 7 heteroatoms. The molecule has 1 saturated heterocycles. The van der Waals surface area contributed by atoms with Crippen LogP contribution in [-0.4, -0.2) is 51.1 Å². The first-order chi connectivity index (χ1) is 13.7. The maximum Gasteiger partial charge on any atom is 0.223 e. The van der Waals surface area contributed by atoms with Crippen LogP contribution in [0.2, 0.25) is 0 Å². The van der Waals surface area contributed by atoms with Gasteiger partial charge >= 0.3 is 0 Å². The fraction of sp³-hybridized carbons (Fsp3) is 0.500. The number of morpholine rings is 1. The first-order valence-corrected chi connectivity index (χ1v) is 10.0. The summed E-state index contributed by atoms with van der Waals surface area (Å²) in [5.74, 6) is 0.570. The van der Waals surface area contributed by atoms with Crippen molar-refractivity contribution in [1.82, 2.24) is 25.1 Å². The summed E-state index contributed by atoms with van der Waals surface area (Å²) in [5.41, 5.74) is 2.29. The van der Waals surface area contributed by atoms with E-state index in [1.165, 1.54) is 0 Å². The molecule has 0 unspecified atom stereocenters. The van der Waals surface area contributed by atoms with Gasteiger partial charge in [-0.2, -0.15) is 5.10 Å². The Bertz CT molecular complexity index is 1010. The highest BCUT2D eigenvalue weighted by molar-refractivity contribution is 5.86. The number of rotatable bonds is 4. The second-order valence-electron chi connectivity index (χ2n) is 9.17. The molecule has 0 radical (unpaired) electrons. The van der Waals surface area contributed by atoms with Gasteiger partial charge in [0.25, 0.3) is 0 Å². The van der Waals surface area contributed by atoms with Crippen molar-refractivity contribution in [3.63, 3.8) is 0 Å². The van der Waals surface area contributed by atoms with Crippen LogP contribution in [0.5, 0.6) is 5.88 Å². The molecule has 0 amide bonds. The molecule has 1 atom stereocenters. The van der Waals surface area contributed by atoms with Crippen LogP contribution in [0.3, 0.4) is 0 Å². The number of fused-ring (bicyclic) bond motifs is 1. The molecule has 0 aromatic carbocycles. The van der Waals surface area contributed by atoms with E-state index in [0.29, 0.717) is 12.5 Å². The number of pyridine rings is 2. The molecule has 29 heavy (non-hydrogen) atoms. The maximum atomic E-state index is 6.15. The van der Waals surface area contributed by atoms with E-state index < -0.39 is 0 Å². The molecule has 1 aliphatic rings. The van der Waals surface area contributed by atoms with Crippen LogP contribution in [0.25, 0.3) is 22.2 Å². The SMILES string of the molecule is CC1(C)CNC[C@H](COc2nc(-c3cnn(C(C)(C)C)c3)cc3ncccc23)O1. The zero-order valence-electron chi connectivity index (χ0n) is 17.8. The summed E-state index contributed by atoms with van der Waals surface area (Å²) in [6.45, 7) is 12.5. The van der Waals surface area contributed by atoms with Crippen molar-refractivity contribution in [2.45, 2.75) is 51.9 Å². The lowest BCUT2D eigenvalue weighted by Gasteiger charge is -2.36. The van der Waals surface area contributed by atoms with Crippen LogP contribution < -0.4 is 10.1 Å². The third kappa shape index (κ3) is 4.41. The normalized spacial score (nSPS) is 19.4. The van der Waals surface area contributed by atoms with E-state index in [1.54, 1.807) is 6.20 Å². The van der Waals surface area contributed by atoms with Crippen molar-refractivity contribution >= 4 is 10.9 Å². The van der Waals surface area contributed by atoms with Crippen molar-refractivity contribution in [2.24, 2.45) is 0 Å². The third-order valence-electron chi connectivity index (χ3n) is 4.94. The summed E-state index contributed by atoms with van der Waals surface area (Å²) in [6, 6.07) is 5.86. The average Bonchev–Trinajstić information content (AvgIpc) is 3.16. The van der Waals surface area contributed by atoms with E-state index in [-0.39, 0.29) is 17.2 Å². The summed E-state index contributed by atoms with van der Waals surface area (Å²) < 4.78 is 14.2. The highest BCUT2D eigenvalue weighted by atomic mass is 16.6. The zero-order chi connectivity index (χ0) is 20.6. The topological polar surface area (TPSA) is 74.1 Å². The molecule has 4 rings (SSSR count). The number of hydrogen-bond donors (Lipinski definition) is 1. The summed E-state index contributed by atoms with van der Waals surface area (Å²) in [7, 11) is 0. The lowest BCUT2D eigenvalue weighted by atomic mass is 10.1.